The fourth-order valence-corrected chi connectivity index (χ4v) is 2.27. The van der Waals surface area contributed by atoms with Crippen LogP contribution in [0.5, 0.6) is 5.75 Å². The summed E-state index contributed by atoms with van der Waals surface area (Å²) in [5, 5.41) is 2.86. The molecule has 1 aromatic rings. The van der Waals surface area contributed by atoms with Crippen LogP contribution in [0, 0.1) is 0 Å². The molecule has 20 heavy (non-hydrogen) atoms. The van der Waals surface area contributed by atoms with Crippen LogP contribution in [0.25, 0.3) is 0 Å². The standard InChI is InChI=1S/C15H20N2O3/c1-3-14(18)16-11-9-15(19)17(10-11)12-5-7-13(8-6-12)20-4-2/h5-8,11H,3-4,9-10H2,1-2H3,(H,16,18). The summed E-state index contributed by atoms with van der Waals surface area (Å²) >= 11 is 0. The molecule has 1 atom stereocenters. The summed E-state index contributed by atoms with van der Waals surface area (Å²) in [4.78, 5) is 25.1. The van der Waals surface area contributed by atoms with Crippen LogP contribution in [0.15, 0.2) is 24.3 Å². The summed E-state index contributed by atoms with van der Waals surface area (Å²) in [5.74, 6) is 0.811. The van der Waals surface area contributed by atoms with Crippen molar-refractivity contribution in [3.8, 4) is 5.75 Å². The molecular formula is C15H20N2O3. The van der Waals surface area contributed by atoms with E-state index in [4.69, 9.17) is 4.74 Å². The molecule has 0 radical (unpaired) electrons. The smallest absolute Gasteiger partial charge is 0.229 e. The number of hydrogen-bond acceptors (Lipinski definition) is 3. The van der Waals surface area contributed by atoms with Crippen LogP contribution in [0.4, 0.5) is 5.69 Å². The van der Waals surface area contributed by atoms with Crippen molar-refractivity contribution in [3.63, 3.8) is 0 Å². The Hall–Kier alpha value is -2.04. The van der Waals surface area contributed by atoms with Gasteiger partial charge in [0.05, 0.1) is 12.6 Å². The van der Waals surface area contributed by atoms with Crippen LogP contribution in [0.3, 0.4) is 0 Å². The predicted molar refractivity (Wildman–Crippen MR) is 76.8 cm³/mol. The molecular weight excluding hydrogens is 256 g/mol. The van der Waals surface area contributed by atoms with Gasteiger partial charge >= 0.3 is 0 Å². The van der Waals surface area contributed by atoms with Gasteiger partial charge in [0, 0.05) is 25.1 Å². The molecule has 1 aromatic carbocycles. The summed E-state index contributed by atoms with van der Waals surface area (Å²) in [6.07, 6.45) is 0.798. The Morgan fingerprint density at radius 2 is 2.05 bits per heavy atom. The number of amides is 2. The number of benzene rings is 1. The average Bonchev–Trinajstić information content (AvgIpc) is 2.80. The molecule has 1 aliphatic heterocycles. The van der Waals surface area contributed by atoms with Crippen LogP contribution >= 0.6 is 0 Å². The van der Waals surface area contributed by atoms with E-state index in [1.165, 1.54) is 0 Å². The Balaban J connectivity index is 2.02. The van der Waals surface area contributed by atoms with E-state index < -0.39 is 0 Å². The maximum atomic E-state index is 12.0. The summed E-state index contributed by atoms with van der Waals surface area (Å²) in [6, 6.07) is 7.34. The molecule has 2 amide bonds. The van der Waals surface area contributed by atoms with E-state index in [1.54, 1.807) is 11.8 Å². The zero-order valence-electron chi connectivity index (χ0n) is 11.9. The highest BCUT2D eigenvalue weighted by molar-refractivity contribution is 5.96. The van der Waals surface area contributed by atoms with Gasteiger partial charge in [0.2, 0.25) is 11.8 Å². The fraction of sp³-hybridized carbons (Fsp3) is 0.467. The molecule has 1 saturated heterocycles. The van der Waals surface area contributed by atoms with Crippen LogP contribution in [-0.4, -0.2) is 31.0 Å². The molecule has 2 rings (SSSR count). The first kappa shape index (κ1) is 14.4. The second kappa shape index (κ2) is 6.41. The molecule has 1 aliphatic rings. The van der Waals surface area contributed by atoms with Crippen molar-refractivity contribution >= 4 is 17.5 Å². The largest absolute Gasteiger partial charge is 0.494 e. The van der Waals surface area contributed by atoms with E-state index in [9.17, 15) is 9.59 Å². The topological polar surface area (TPSA) is 58.6 Å². The van der Waals surface area contributed by atoms with E-state index in [0.29, 0.717) is 26.0 Å². The highest BCUT2D eigenvalue weighted by atomic mass is 16.5. The van der Waals surface area contributed by atoms with Crippen molar-refractivity contribution in [2.24, 2.45) is 0 Å². The van der Waals surface area contributed by atoms with Gasteiger partial charge in [-0.1, -0.05) is 6.92 Å². The Kier molecular flexibility index (Phi) is 4.61. The first-order chi connectivity index (χ1) is 9.63. The van der Waals surface area contributed by atoms with Crippen molar-refractivity contribution in [2.45, 2.75) is 32.7 Å². The van der Waals surface area contributed by atoms with Gasteiger partial charge in [-0.15, -0.1) is 0 Å². The van der Waals surface area contributed by atoms with Crippen molar-refractivity contribution in [1.82, 2.24) is 5.32 Å². The molecule has 0 spiro atoms. The van der Waals surface area contributed by atoms with Crippen molar-refractivity contribution in [3.05, 3.63) is 24.3 Å². The molecule has 5 nitrogen and oxygen atoms in total. The normalized spacial score (nSPS) is 18.2. The van der Waals surface area contributed by atoms with Gasteiger partial charge in [-0.05, 0) is 31.2 Å². The van der Waals surface area contributed by atoms with Crippen LogP contribution < -0.4 is 15.0 Å². The minimum atomic E-state index is -0.0958. The Labute approximate surface area is 118 Å². The highest BCUT2D eigenvalue weighted by Crippen LogP contribution is 2.24. The van der Waals surface area contributed by atoms with E-state index in [-0.39, 0.29) is 17.9 Å². The number of carbonyl (C=O) groups excluding carboxylic acids is 2. The zero-order chi connectivity index (χ0) is 14.5. The second-order valence-corrected chi connectivity index (χ2v) is 4.75. The Morgan fingerprint density at radius 1 is 1.35 bits per heavy atom. The van der Waals surface area contributed by atoms with E-state index >= 15 is 0 Å². The van der Waals surface area contributed by atoms with E-state index in [0.717, 1.165) is 11.4 Å². The zero-order valence-corrected chi connectivity index (χ0v) is 11.9. The molecule has 1 N–H and O–H groups in total. The third kappa shape index (κ3) is 3.29. The molecule has 108 valence electrons. The number of anilines is 1. The summed E-state index contributed by atoms with van der Waals surface area (Å²) in [6.45, 7) is 4.88. The quantitative estimate of drug-likeness (QED) is 0.890. The molecule has 0 bridgehead atoms. The molecule has 5 heteroatoms. The maximum Gasteiger partial charge on any atom is 0.229 e. The number of nitrogens with zero attached hydrogens (tertiary/aromatic N) is 1. The highest BCUT2D eigenvalue weighted by Gasteiger charge is 2.31. The SMILES string of the molecule is CCOc1ccc(N2CC(NC(=O)CC)CC2=O)cc1. The lowest BCUT2D eigenvalue weighted by atomic mass is 10.2. The van der Waals surface area contributed by atoms with Gasteiger partial charge in [-0.3, -0.25) is 9.59 Å². The number of hydrogen-bond donors (Lipinski definition) is 1. The molecule has 0 aliphatic carbocycles. The number of rotatable bonds is 5. The van der Waals surface area contributed by atoms with Crippen molar-refractivity contribution in [1.29, 1.82) is 0 Å². The van der Waals surface area contributed by atoms with Crippen LogP contribution in [0.2, 0.25) is 0 Å². The first-order valence-corrected chi connectivity index (χ1v) is 6.96. The minimum absolute atomic E-state index is 0.0173. The van der Waals surface area contributed by atoms with Crippen LogP contribution in [-0.2, 0) is 9.59 Å². The number of carbonyl (C=O) groups is 2. The summed E-state index contributed by atoms with van der Waals surface area (Å²) < 4.78 is 5.38. The van der Waals surface area contributed by atoms with Crippen molar-refractivity contribution in [2.75, 3.05) is 18.1 Å². The predicted octanol–water partition coefficient (Wildman–Crippen LogP) is 1.72. The first-order valence-electron chi connectivity index (χ1n) is 6.96. The second-order valence-electron chi connectivity index (χ2n) is 4.75. The maximum absolute atomic E-state index is 12.0. The van der Waals surface area contributed by atoms with Gasteiger partial charge in [-0.2, -0.15) is 0 Å². The molecule has 1 fully saturated rings. The van der Waals surface area contributed by atoms with Gasteiger partial charge in [0.1, 0.15) is 5.75 Å². The Morgan fingerprint density at radius 3 is 2.65 bits per heavy atom. The monoisotopic (exact) mass is 276 g/mol. The fourth-order valence-electron chi connectivity index (χ4n) is 2.27. The van der Waals surface area contributed by atoms with E-state index in [1.807, 2.05) is 31.2 Å². The summed E-state index contributed by atoms with van der Waals surface area (Å²) in [7, 11) is 0. The van der Waals surface area contributed by atoms with Gasteiger partial charge < -0.3 is 15.0 Å². The molecule has 0 saturated carbocycles. The average molecular weight is 276 g/mol. The summed E-state index contributed by atoms with van der Waals surface area (Å²) in [5.41, 5.74) is 0.840. The minimum Gasteiger partial charge on any atom is -0.494 e. The number of ether oxygens (including phenoxy) is 1. The Bertz CT molecular complexity index is 484. The van der Waals surface area contributed by atoms with Gasteiger partial charge in [-0.25, -0.2) is 0 Å². The third-order valence-electron chi connectivity index (χ3n) is 3.27. The molecule has 1 unspecified atom stereocenters. The number of nitrogens with one attached hydrogen (secondary N) is 1. The van der Waals surface area contributed by atoms with Crippen LogP contribution in [0.1, 0.15) is 26.7 Å². The molecule has 0 aromatic heterocycles. The van der Waals surface area contributed by atoms with Crippen molar-refractivity contribution < 1.29 is 14.3 Å². The lowest BCUT2D eigenvalue weighted by Crippen LogP contribution is -2.36. The van der Waals surface area contributed by atoms with Gasteiger partial charge in [0.15, 0.2) is 0 Å². The molecule has 1 heterocycles. The lowest BCUT2D eigenvalue weighted by molar-refractivity contribution is -0.121. The van der Waals surface area contributed by atoms with Gasteiger partial charge in [0.25, 0.3) is 0 Å². The third-order valence-corrected chi connectivity index (χ3v) is 3.27. The lowest BCUT2D eigenvalue weighted by Gasteiger charge is -2.17. The van der Waals surface area contributed by atoms with E-state index in [2.05, 4.69) is 5.32 Å².